The standard InChI is InChI=1S/C37H54N2O/c1-25(2)9-6-10-26(3)32-16-17-33-31-15-14-29-23-30(18-20-36(29,4)34(31)19-21-37(32,33)5)40-39-24-28-12-7-11-27-13-8-22-38-35(27)28/h7-8,11-13,22,24-26,29-34H,6,9-10,14-21,23H2,1-5H3/b39-24+/t26-,29+,30-,31+,32-,33+,34+,36+,37-/m1/s1. The van der Waals surface area contributed by atoms with Gasteiger partial charge in [-0.05, 0) is 116 Å². The van der Waals surface area contributed by atoms with Crippen LogP contribution in [0, 0.1) is 52.3 Å². The van der Waals surface area contributed by atoms with Crippen molar-refractivity contribution in [3.05, 3.63) is 42.1 Å². The predicted octanol–water partition coefficient (Wildman–Crippen LogP) is 10.1. The van der Waals surface area contributed by atoms with Crippen LogP contribution in [0.4, 0.5) is 0 Å². The quantitative estimate of drug-likeness (QED) is 0.246. The number of aromatic nitrogens is 1. The zero-order valence-corrected chi connectivity index (χ0v) is 25.9. The molecule has 1 aromatic heterocycles. The zero-order chi connectivity index (χ0) is 27.9. The van der Waals surface area contributed by atoms with Gasteiger partial charge in [-0.3, -0.25) is 4.98 Å². The molecule has 0 N–H and O–H groups in total. The van der Waals surface area contributed by atoms with Crippen LogP contribution >= 0.6 is 0 Å². The summed E-state index contributed by atoms with van der Waals surface area (Å²) in [5.41, 5.74) is 3.12. The molecule has 1 aromatic carbocycles. The van der Waals surface area contributed by atoms with E-state index in [1.807, 2.05) is 18.5 Å². The van der Waals surface area contributed by atoms with Crippen LogP contribution in [0.1, 0.15) is 117 Å². The number of hydrogen-bond acceptors (Lipinski definition) is 3. The summed E-state index contributed by atoms with van der Waals surface area (Å²) in [6.45, 7) is 12.8. The average molecular weight is 543 g/mol. The summed E-state index contributed by atoms with van der Waals surface area (Å²) in [4.78, 5) is 10.7. The Balaban J connectivity index is 1.08. The Labute approximate surface area is 243 Å². The highest BCUT2D eigenvalue weighted by molar-refractivity contribution is 5.97. The third-order valence-corrected chi connectivity index (χ3v) is 12.9. The van der Waals surface area contributed by atoms with Crippen molar-refractivity contribution in [1.82, 2.24) is 4.98 Å². The minimum absolute atomic E-state index is 0.255. The fraction of sp³-hybridized carbons (Fsp3) is 0.730. The predicted molar refractivity (Wildman–Crippen MR) is 167 cm³/mol. The van der Waals surface area contributed by atoms with Crippen LogP contribution in [0.5, 0.6) is 0 Å². The van der Waals surface area contributed by atoms with Crippen LogP contribution in [0.3, 0.4) is 0 Å². The van der Waals surface area contributed by atoms with Gasteiger partial charge in [0.2, 0.25) is 0 Å². The Bertz CT molecular complexity index is 1180. The van der Waals surface area contributed by atoms with Crippen molar-refractivity contribution in [3.8, 4) is 0 Å². The van der Waals surface area contributed by atoms with Gasteiger partial charge < -0.3 is 4.84 Å². The lowest BCUT2D eigenvalue weighted by Crippen LogP contribution is -2.54. The van der Waals surface area contributed by atoms with Crippen LogP contribution < -0.4 is 0 Å². The first-order valence-electron chi connectivity index (χ1n) is 16.8. The van der Waals surface area contributed by atoms with Gasteiger partial charge in [0.25, 0.3) is 0 Å². The molecule has 0 aliphatic heterocycles. The fourth-order valence-corrected chi connectivity index (χ4v) is 10.7. The number of oxime groups is 1. The van der Waals surface area contributed by atoms with Crippen molar-refractivity contribution < 1.29 is 4.84 Å². The first-order valence-corrected chi connectivity index (χ1v) is 16.8. The van der Waals surface area contributed by atoms with Crippen molar-refractivity contribution in [2.45, 2.75) is 118 Å². The molecule has 0 saturated heterocycles. The van der Waals surface area contributed by atoms with Gasteiger partial charge in [0.15, 0.2) is 0 Å². The van der Waals surface area contributed by atoms with Crippen molar-refractivity contribution >= 4 is 17.1 Å². The SMILES string of the molecule is CC(C)CCC[C@@H](C)[C@H]1CC[C@H]2[C@@H]3CC[C@H]4C[C@H](O/N=C/c5cccc6cccnc56)CC[C@]4(C)[C@H]3CC[C@]12C. The number of fused-ring (bicyclic) bond motifs is 6. The van der Waals surface area contributed by atoms with E-state index in [1.165, 1.54) is 70.6 Å². The number of rotatable bonds is 8. The Morgan fingerprint density at radius 3 is 2.58 bits per heavy atom. The topological polar surface area (TPSA) is 34.5 Å². The lowest BCUT2D eigenvalue weighted by Gasteiger charge is -2.61. The van der Waals surface area contributed by atoms with E-state index in [4.69, 9.17) is 4.84 Å². The van der Waals surface area contributed by atoms with Gasteiger partial charge in [0.1, 0.15) is 6.10 Å². The molecule has 40 heavy (non-hydrogen) atoms. The molecule has 6 rings (SSSR count). The molecule has 0 radical (unpaired) electrons. The second-order valence-corrected chi connectivity index (χ2v) is 15.3. The minimum atomic E-state index is 0.255. The lowest BCUT2D eigenvalue weighted by molar-refractivity contribution is -0.136. The van der Waals surface area contributed by atoms with Crippen molar-refractivity contribution in [2.24, 2.45) is 57.4 Å². The third kappa shape index (κ3) is 5.13. The molecule has 2 aromatic rings. The van der Waals surface area contributed by atoms with Gasteiger partial charge in [0.05, 0.1) is 11.7 Å². The van der Waals surface area contributed by atoms with Crippen molar-refractivity contribution in [3.63, 3.8) is 0 Å². The molecule has 9 atom stereocenters. The van der Waals surface area contributed by atoms with Gasteiger partial charge >= 0.3 is 0 Å². The van der Waals surface area contributed by atoms with Crippen molar-refractivity contribution in [2.75, 3.05) is 0 Å². The highest BCUT2D eigenvalue weighted by atomic mass is 16.6. The summed E-state index contributed by atoms with van der Waals surface area (Å²) in [5, 5.41) is 5.65. The maximum atomic E-state index is 6.18. The Morgan fingerprint density at radius 1 is 0.925 bits per heavy atom. The Morgan fingerprint density at radius 2 is 1.73 bits per heavy atom. The lowest BCUT2D eigenvalue weighted by atomic mass is 9.44. The number of pyridine rings is 1. The van der Waals surface area contributed by atoms with Crippen molar-refractivity contribution in [1.29, 1.82) is 0 Å². The molecule has 3 nitrogen and oxygen atoms in total. The number of benzene rings is 1. The normalized spacial score (nSPS) is 38.2. The smallest absolute Gasteiger partial charge is 0.127 e. The molecule has 4 aliphatic carbocycles. The maximum absolute atomic E-state index is 6.18. The first-order chi connectivity index (χ1) is 19.3. The molecule has 4 saturated carbocycles. The summed E-state index contributed by atoms with van der Waals surface area (Å²) in [5.74, 6) is 6.34. The van der Waals surface area contributed by atoms with E-state index in [1.54, 1.807) is 0 Å². The van der Waals surface area contributed by atoms with E-state index >= 15 is 0 Å². The van der Waals surface area contributed by atoms with Gasteiger partial charge in [0, 0.05) is 17.1 Å². The molecule has 0 spiro atoms. The molecular weight excluding hydrogens is 488 g/mol. The number of nitrogens with zero attached hydrogens (tertiary/aromatic N) is 2. The van der Waals surface area contributed by atoms with Gasteiger partial charge in [-0.1, -0.05) is 83.3 Å². The van der Waals surface area contributed by atoms with E-state index in [-0.39, 0.29) is 6.10 Å². The minimum Gasteiger partial charge on any atom is -0.392 e. The summed E-state index contributed by atoms with van der Waals surface area (Å²) in [6.07, 6.45) is 20.7. The molecule has 218 valence electrons. The molecule has 0 amide bonds. The second-order valence-electron chi connectivity index (χ2n) is 15.3. The monoisotopic (exact) mass is 542 g/mol. The Kier molecular flexibility index (Phi) is 8.05. The molecule has 4 aliphatic rings. The third-order valence-electron chi connectivity index (χ3n) is 12.9. The Hall–Kier alpha value is -1.90. The van der Waals surface area contributed by atoms with E-state index in [2.05, 4.69) is 69.0 Å². The van der Waals surface area contributed by atoms with Gasteiger partial charge in [-0.2, -0.15) is 0 Å². The fourth-order valence-electron chi connectivity index (χ4n) is 10.7. The molecular formula is C37H54N2O. The van der Waals surface area contributed by atoms with E-state index in [0.717, 1.165) is 64.3 Å². The largest absolute Gasteiger partial charge is 0.392 e. The summed E-state index contributed by atoms with van der Waals surface area (Å²) < 4.78 is 0. The second kappa shape index (κ2) is 11.4. The average Bonchev–Trinajstić information content (AvgIpc) is 3.30. The summed E-state index contributed by atoms with van der Waals surface area (Å²) in [7, 11) is 0. The number of para-hydroxylation sites is 1. The highest BCUT2D eigenvalue weighted by Gasteiger charge is 2.60. The van der Waals surface area contributed by atoms with Crippen LogP contribution in [0.15, 0.2) is 41.7 Å². The van der Waals surface area contributed by atoms with Crippen LogP contribution in [-0.4, -0.2) is 17.3 Å². The first kappa shape index (κ1) is 28.2. The maximum Gasteiger partial charge on any atom is 0.127 e. The van der Waals surface area contributed by atoms with Gasteiger partial charge in [-0.25, -0.2) is 0 Å². The van der Waals surface area contributed by atoms with E-state index in [0.29, 0.717) is 10.8 Å². The summed E-state index contributed by atoms with van der Waals surface area (Å²) >= 11 is 0. The zero-order valence-electron chi connectivity index (χ0n) is 25.9. The molecule has 4 fully saturated rings. The van der Waals surface area contributed by atoms with E-state index < -0.39 is 0 Å². The highest BCUT2D eigenvalue weighted by Crippen LogP contribution is 2.68. The molecule has 3 heteroatoms. The molecule has 0 unspecified atom stereocenters. The van der Waals surface area contributed by atoms with Crippen LogP contribution in [-0.2, 0) is 4.84 Å². The van der Waals surface area contributed by atoms with Gasteiger partial charge in [-0.15, -0.1) is 0 Å². The van der Waals surface area contributed by atoms with Crippen LogP contribution in [0.2, 0.25) is 0 Å². The van der Waals surface area contributed by atoms with E-state index in [9.17, 15) is 0 Å². The molecule has 1 heterocycles. The van der Waals surface area contributed by atoms with Crippen LogP contribution in [0.25, 0.3) is 10.9 Å². The number of hydrogen-bond donors (Lipinski definition) is 0. The molecule has 0 bridgehead atoms. The summed E-state index contributed by atoms with van der Waals surface area (Å²) in [6, 6.07) is 10.4.